The van der Waals surface area contributed by atoms with Gasteiger partial charge >= 0.3 is 6.18 Å². The van der Waals surface area contributed by atoms with Crippen molar-refractivity contribution in [1.82, 2.24) is 0 Å². The van der Waals surface area contributed by atoms with Crippen LogP contribution in [0.15, 0.2) is 12.2 Å². The SMILES string of the molecule is CC(C)C12C3C=CC(C3)C1C1CC(C(F)(F)F)C2C1. The number of fused-ring (bicyclic) bond motifs is 9. The van der Waals surface area contributed by atoms with Crippen molar-refractivity contribution in [3.05, 3.63) is 12.2 Å². The van der Waals surface area contributed by atoms with E-state index in [2.05, 4.69) is 26.0 Å². The Morgan fingerprint density at radius 1 is 1.11 bits per heavy atom. The van der Waals surface area contributed by atoms with E-state index in [4.69, 9.17) is 0 Å². The van der Waals surface area contributed by atoms with Gasteiger partial charge in [0.15, 0.2) is 0 Å². The second-order valence-corrected chi connectivity index (χ2v) is 7.56. The fourth-order valence-corrected chi connectivity index (χ4v) is 6.79. The first kappa shape index (κ1) is 12.3. The summed E-state index contributed by atoms with van der Waals surface area (Å²) < 4.78 is 40.0. The zero-order valence-corrected chi connectivity index (χ0v) is 11.5. The normalized spacial score (nSPS) is 54.4. The number of halogens is 3. The molecule has 0 aromatic carbocycles. The van der Waals surface area contributed by atoms with Gasteiger partial charge < -0.3 is 0 Å². The van der Waals surface area contributed by atoms with Crippen molar-refractivity contribution >= 4 is 0 Å². The topological polar surface area (TPSA) is 0 Å². The zero-order valence-electron chi connectivity index (χ0n) is 11.5. The van der Waals surface area contributed by atoms with Crippen molar-refractivity contribution in [3.63, 3.8) is 0 Å². The van der Waals surface area contributed by atoms with Crippen LogP contribution < -0.4 is 0 Å². The molecule has 4 aliphatic carbocycles. The van der Waals surface area contributed by atoms with E-state index in [0.717, 1.165) is 12.8 Å². The van der Waals surface area contributed by atoms with Gasteiger partial charge in [-0.1, -0.05) is 26.0 Å². The highest BCUT2D eigenvalue weighted by atomic mass is 19.4. The lowest BCUT2D eigenvalue weighted by Crippen LogP contribution is -2.49. The Labute approximate surface area is 112 Å². The molecule has 0 spiro atoms. The third kappa shape index (κ3) is 1.23. The minimum absolute atomic E-state index is 0.0392. The fourth-order valence-electron chi connectivity index (χ4n) is 6.79. The number of alkyl halides is 3. The van der Waals surface area contributed by atoms with Gasteiger partial charge in [-0.15, -0.1) is 0 Å². The Balaban J connectivity index is 1.81. The highest BCUT2D eigenvalue weighted by molar-refractivity contribution is 5.27. The Morgan fingerprint density at radius 3 is 2.47 bits per heavy atom. The van der Waals surface area contributed by atoms with Crippen LogP contribution in [0.1, 0.15) is 33.1 Å². The van der Waals surface area contributed by atoms with Gasteiger partial charge in [0.25, 0.3) is 0 Å². The summed E-state index contributed by atoms with van der Waals surface area (Å²) in [4.78, 5) is 0. The Morgan fingerprint density at radius 2 is 1.84 bits per heavy atom. The molecular weight excluding hydrogens is 249 g/mol. The van der Waals surface area contributed by atoms with Gasteiger partial charge in [-0.25, -0.2) is 0 Å². The van der Waals surface area contributed by atoms with Crippen molar-refractivity contribution in [2.45, 2.75) is 39.3 Å². The van der Waals surface area contributed by atoms with E-state index in [1.54, 1.807) is 0 Å². The van der Waals surface area contributed by atoms with Crippen molar-refractivity contribution in [1.29, 1.82) is 0 Å². The maximum Gasteiger partial charge on any atom is 0.392 e. The molecule has 7 atom stereocenters. The Kier molecular flexibility index (Phi) is 2.20. The third-order valence-corrected chi connectivity index (χ3v) is 6.97. The van der Waals surface area contributed by atoms with Crippen LogP contribution in [0, 0.1) is 46.8 Å². The lowest BCUT2D eigenvalue weighted by atomic mass is 9.53. The van der Waals surface area contributed by atoms with E-state index in [1.807, 2.05) is 0 Å². The van der Waals surface area contributed by atoms with Crippen LogP contribution >= 0.6 is 0 Å². The maximum atomic E-state index is 13.3. The average molecular weight is 270 g/mol. The largest absolute Gasteiger partial charge is 0.392 e. The van der Waals surface area contributed by atoms with E-state index < -0.39 is 12.1 Å². The predicted molar refractivity (Wildman–Crippen MR) is 67.3 cm³/mol. The molecule has 106 valence electrons. The summed E-state index contributed by atoms with van der Waals surface area (Å²) in [6, 6.07) is 0. The molecule has 0 aliphatic heterocycles. The quantitative estimate of drug-likeness (QED) is 0.480. The minimum Gasteiger partial charge on any atom is -0.171 e. The summed E-state index contributed by atoms with van der Waals surface area (Å²) in [6.07, 6.45) is 2.93. The van der Waals surface area contributed by atoms with Crippen molar-refractivity contribution in [2.24, 2.45) is 46.8 Å². The average Bonchev–Trinajstić information content (AvgIpc) is 3.04. The Hall–Kier alpha value is -0.470. The minimum atomic E-state index is -3.99. The monoisotopic (exact) mass is 270 g/mol. The number of rotatable bonds is 1. The fraction of sp³-hybridized carbons (Fsp3) is 0.875. The lowest BCUT2D eigenvalue weighted by Gasteiger charge is -2.51. The van der Waals surface area contributed by atoms with E-state index in [9.17, 15) is 13.2 Å². The van der Waals surface area contributed by atoms with Crippen LogP contribution in [0.2, 0.25) is 0 Å². The molecule has 4 aliphatic rings. The molecule has 0 aromatic heterocycles. The summed E-state index contributed by atoms with van der Waals surface area (Å²) in [7, 11) is 0. The molecule has 0 amide bonds. The first-order valence-electron chi connectivity index (χ1n) is 7.61. The number of hydrogen-bond acceptors (Lipinski definition) is 0. The van der Waals surface area contributed by atoms with Gasteiger partial charge in [-0.05, 0) is 60.2 Å². The molecule has 0 N–H and O–H groups in total. The maximum absolute atomic E-state index is 13.3. The van der Waals surface area contributed by atoms with Gasteiger partial charge in [0.2, 0.25) is 0 Å². The van der Waals surface area contributed by atoms with Crippen molar-refractivity contribution < 1.29 is 13.2 Å². The zero-order chi connectivity index (χ0) is 13.6. The van der Waals surface area contributed by atoms with E-state index in [1.165, 1.54) is 0 Å². The summed E-state index contributed by atoms with van der Waals surface area (Å²) in [6.45, 7) is 4.32. The Bertz CT molecular complexity index is 436. The van der Waals surface area contributed by atoms with Gasteiger partial charge in [0.1, 0.15) is 0 Å². The molecular formula is C16H21F3. The molecule has 4 bridgehead atoms. The van der Waals surface area contributed by atoms with Gasteiger partial charge in [0, 0.05) is 0 Å². The van der Waals surface area contributed by atoms with Gasteiger partial charge in [0.05, 0.1) is 5.92 Å². The molecule has 0 aromatic rings. The molecule has 0 radical (unpaired) electrons. The molecule has 3 fully saturated rings. The molecule has 3 saturated carbocycles. The highest BCUT2D eigenvalue weighted by Crippen LogP contribution is 2.77. The summed E-state index contributed by atoms with van der Waals surface area (Å²) in [5.41, 5.74) is -0.0392. The second-order valence-electron chi connectivity index (χ2n) is 7.56. The summed E-state index contributed by atoms with van der Waals surface area (Å²) in [5, 5.41) is 0. The molecule has 4 rings (SSSR count). The first-order chi connectivity index (χ1) is 8.86. The van der Waals surface area contributed by atoms with Crippen molar-refractivity contribution in [2.75, 3.05) is 0 Å². The number of allylic oxidation sites excluding steroid dienone is 2. The molecule has 19 heavy (non-hydrogen) atoms. The van der Waals surface area contributed by atoms with Crippen LogP contribution in [0.4, 0.5) is 13.2 Å². The second kappa shape index (κ2) is 3.40. The first-order valence-corrected chi connectivity index (χ1v) is 7.61. The third-order valence-electron chi connectivity index (χ3n) is 6.97. The smallest absolute Gasteiger partial charge is 0.171 e. The standard InChI is InChI=1S/C16H21F3/c1-8(2)15-11-4-3-9(5-11)14(15)10-6-12(15)13(7-10)16(17,18)19/h3-4,8-14H,5-7H2,1-2H3. The molecule has 0 heterocycles. The van der Waals surface area contributed by atoms with Crippen LogP contribution in [0.3, 0.4) is 0 Å². The van der Waals surface area contributed by atoms with Crippen LogP contribution in [-0.4, -0.2) is 6.18 Å². The number of hydrogen-bond donors (Lipinski definition) is 0. The predicted octanol–water partition coefficient (Wildman–Crippen LogP) is 4.67. The van der Waals surface area contributed by atoms with Crippen LogP contribution in [-0.2, 0) is 0 Å². The summed E-state index contributed by atoms with van der Waals surface area (Å²) >= 11 is 0. The van der Waals surface area contributed by atoms with Crippen LogP contribution in [0.25, 0.3) is 0 Å². The van der Waals surface area contributed by atoms with Crippen molar-refractivity contribution in [3.8, 4) is 0 Å². The van der Waals surface area contributed by atoms with E-state index in [0.29, 0.717) is 36.0 Å². The van der Waals surface area contributed by atoms with Crippen LogP contribution in [0.5, 0.6) is 0 Å². The highest BCUT2D eigenvalue weighted by Gasteiger charge is 2.73. The van der Waals surface area contributed by atoms with E-state index >= 15 is 0 Å². The molecule has 3 heteroatoms. The molecule has 0 saturated heterocycles. The molecule has 0 nitrogen and oxygen atoms in total. The lowest BCUT2D eigenvalue weighted by molar-refractivity contribution is -0.211. The van der Waals surface area contributed by atoms with E-state index in [-0.39, 0.29) is 11.3 Å². The van der Waals surface area contributed by atoms with Gasteiger partial charge in [-0.3, -0.25) is 0 Å². The summed E-state index contributed by atoms with van der Waals surface area (Å²) in [5.74, 6) is 1.12. The molecule has 7 unspecified atom stereocenters. The van der Waals surface area contributed by atoms with Gasteiger partial charge in [-0.2, -0.15) is 13.2 Å².